The maximum atomic E-state index is 13.1. The molecule has 0 heterocycles. The molecule has 118 valence electrons. The Balaban J connectivity index is 2.98. The second kappa shape index (κ2) is 7.31. The number of amides is 1. The number of halogens is 3. The first-order valence-electron chi connectivity index (χ1n) is 6.58. The summed E-state index contributed by atoms with van der Waals surface area (Å²) in [5.74, 6) is -0.335. The molecule has 21 heavy (non-hydrogen) atoms. The molecule has 0 spiro atoms. The average molecular weight is 304 g/mol. The third kappa shape index (κ3) is 4.93. The summed E-state index contributed by atoms with van der Waals surface area (Å²) in [7, 11) is 1.43. The largest absolute Gasteiger partial charge is 0.418 e. The first kappa shape index (κ1) is 17.3. The molecule has 0 fully saturated rings. The molecule has 1 aromatic rings. The predicted molar refractivity (Wildman–Crippen MR) is 73.9 cm³/mol. The molecule has 0 aliphatic carbocycles. The second-order valence-electron chi connectivity index (χ2n) is 4.71. The van der Waals surface area contributed by atoms with Crippen molar-refractivity contribution in [3.63, 3.8) is 0 Å². The predicted octanol–water partition coefficient (Wildman–Crippen LogP) is 2.16. The molecule has 1 rings (SSSR count). The minimum Gasteiger partial charge on any atom is -0.392 e. The number of hydrogen-bond donors (Lipinski definition) is 2. The van der Waals surface area contributed by atoms with Crippen molar-refractivity contribution in [2.75, 3.05) is 25.0 Å². The third-order valence-electron chi connectivity index (χ3n) is 2.91. The van der Waals surface area contributed by atoms with E-state index in [0.717, 1.165) is 12.5 Å². The topological polar surface area (TPSA) is 52.6 Å². The fourth-order valence-electron chi connectivity index (χ4n) is 1.86. The van der Waals surface area contributed by atoms with Gasteiger partial charge in [-0.1, -0.05) is 13.0 Å². The molecular formula is C14H19F3N2O2. The normalized spacial score (nSPS) is 11.3. The van der Waals surface area contributed by atoms with E-state index in [0.29, 0.717) is 6.54 Å². The lowest BCUT2D eigenvalue weighted by atomic mass is 10.1. The van der Waals surface area contributed by atoms with Gasteiger partial charge in [-0.3, -0.25) is 4.79 Å². The summed E-state index contributed by atoms with van der Waals surface area (Å²) in [4.78, 5) is 12.8. The van der Waals surface area contributed by atoms with Gasteiger partial charge in [0.05, 0.1) is 18.7 Å². The Morgan fingerprint density at radius 2 is 2.05 bits per heavy atom. The zero-order valence-corrected chi connectivity index (χ0v) is 12.0. The van der Waals surface area contributed by atoms with Crippen molar-refractivity contribution in [2.24, 2.45) is 0 Å². The maximum Gasteiger partial charge on any atom is 0.418 e. The summed E-state index contributed by atoms with van der Waals surface area (Å²) >= 11 is 0. The van der Waals surface area contributed by atoms with Crippen LogP contribution in [-0.4, -0.2) is 31.2 Å². The standard InChI is InChI=1S/C14H19F3N2O2/c1-3-6-18-13(21)8-19(2)12-5-4-10(9-20)7-11(12)14(15,16)17/h4-5,7,20H,3,6,8-9H2,1-2H3,(H,18,21). The van der Waals surface area contributed by atoms with Crippen molar-refractivity contribution in [1.29, 1.82) is 0 Å². The highest BCUT2D eigenvalue weighted by molar-refractivity contribution is 5.81. The number of hydrogen-bond acceptors (Lipinski definition) is 3. The van der Waals surface area contributed by atoms with Gasteiger partial charge in [-0.05, 0) is 24.1 Å². The van der Waals surface area contributed by atoms with E-state index in [4.69, 9.17) is 5.11 Å². The second-order valence-corrected chi connectivity index (χ2v) is 4.71. The SMILES string of the molecule is CCCNC(=O)CN(C)c1ccc(CO)cc1C(F)(F)F. The Morgan fingerprint density at radius 3 is 2.57 bits per heavy atom. The molecule has 2 N–H and O–H groups in total. The van der Waals surface area contributed by atoms with Crippen LogP contribution < -0.4 is 10.2 Å². The number of carbonyl (C=O) groups excluding carboxylic acids is 1. The van der Waals surface area contributed by atoms with Gasteiger partial charge in [0.2, 0.25) is 5.91 Å². The maximum absolute atomic E-state index is 13.1. The number of aliphatic hydroxyl groups is 1. The molecule has 0 aliphatic heterocycles. The van der Waals surface area contributed by atoms with Crippen LogP contribution in [0.1, 0.15) is 24.5 Å². The highest BCUT2D eigenvalue weighted by Crippen LogP contribution is 2.36. The van der Waals surface area contributed by atoms with Gasteiger partial charge < -0.3 is 15.3 Å². The lowest BCUT2D eigenvalue weighted by molar-refractivity contribution is -0.137. The monoisotopic (exact) mass is 304 g/mol. The molecule has 0 atom stereocenters. The average Bonchev–Trinajstić information content (AvgIpc) is 2.43. The van der Waals surface area contributed by atoms with Crippen LogP contribution >= 0.6 is 0 Å². The summed E-state index contributed by atoms with van der Waals surface area (Å²) in [5.41, 5.74) is -0.777. The van der Waals surface area contributed by atoms with Gasteiger partial charge in [-0.15, -0.1) is 0 Å². The van der Waals surface area contributed by atoms with Crippen LogP contribution in [0.2, 0.25) is 0 Å². The number of nitrogens with one attached hydrogen (secondary N) is 1. The van der Waals surface area contributed by atoms with E-state index in [1.165, 1.54) is 24.1 Å². The molecule has 1 amide bonds. The van der Waals surface area contributed by atoms with Gasteiger partial charge in [-0.2, -0.15) is 13.2 Å². The zero-order valence-electron chi connectivity index (χ0n) is 12.0. The Hall–Kier alpha value is -1.76. The van der Waals surface area contributed by atoms with Crippen molar-refractivity contribution in [3.05, 3.63) is 29.3 Å². The number of nitrogens with zero attached hydrogens (tertiary/aromatic N) is 1. The lowest BCUT2D eigenvalue weighted by Gasteiger charge is -2.23. The molecule has 0 saturated heterocycles. The first-order valence-corrected chi connectivity index (χ1v) is 6.58. The van der Waals surface area contributed by atoms with E-state index in [1.54, 1.807) is 0 Å². The van der Waals surface area contributed by atoms with E-state index in [2.05, 4.69) is 5.32 Å². The summed E-state index contributed by atoms with van der Waals surface area (Å²) in [6, 6.07) is 3.57. The van der Waals surface area contributed by atoms with E-state index in [1.807, 2.05) is 6.92 Å². The molecule has 0 aliphatic rings. The Bertz CT molecular complexity index is 490. The molecule has 0 radical (unpaired) electrons. The molecule has 0 bridgehead atoms. The quantitative estimate of drug-likeness (QED) is 0.847. The van der Waals surface area contributed by atoms with Gasteiger partial charge in [-0.25, -0.2) is 0 Å². The van der Waals surface area contributed by atoms with Gasteiger partial charge in [0, 0.05) is 19.3 Å². The number of alkyl halides is 3. The highest BCUT2D eigenvalue weighted by Gasteiger charge is 2.34. The number of likely N-dealkylation sites (N-methyl/N-ethyl adjacent to an activating group) is 1. The van der Waals surface area contributed by atoms with Crippen LogP contribution in [0.5, 0.6) is 0 Å². The van der Waals surface area contributed by atoms with Gasteiger partial charge in [0.15, 0.2) is 0 Å². The van der Waals surface area contributed by atoms with Crippen molar-refractivity contribution < 1.29 is 23.1 Å². The Morgan fingerprint density at radius 1 is 1.38 bits per heavy atom. The van der Waals surface area contributed by atoms with Crippen LogP contribution in [0.4, 0.5) is 18.9 Å². The van der Waals surface area contributed by atoms with Crippen molar-refractivity contribution in [3.8, 4) is 0 Å². The fourth-order valence-corrected chi connectivity index (χ4v) is 1.86. The number of carbonyl (C=O) groups is 1. The number of anilines is 1. The Kier molecular flexibility index (Phi) is 6.02. The van der Waals surface area contributed by atoms with E-state index >= 15 is 0 Å². The van der Waals surface area contributed by atoms with E-state index in [9.17, 15) is 18.0 Å². The summed E-state index contributed by atoms with van der Waals surface area (Å²) in [6.45, 7) is 1.74. The van der Waals surface area contributed by atoms with Crippen molar-refractivity contribution in [1.82, 2.24) is 5.32 Å². The molecule has 0 aromatic heterocycles. The summed E-state index contributed by atoms with van der Waals surface area (Å²) in [5, 5.41) is 11.6. The highest BCUT2D eigenvalue weighted by atomic mass is 19.4. The smallest absolute Gasteiger partial charge is 0.392 e. The lowest BCUT2D eigenvalue weighted by Crippen LogP contribution is -2.36. The first-order chi connectivity index (χ1) is 9.79. The van der Waals surface area contributed by atoms with E-state index in [-0.39, 0.29) is 23.7 Å². The fraction of sp³-hybridized carbons (Fsp3) is 0.500. The molecular weight excluding hydrogens is 285 g/mol. The van der Waals surface area contributed by atoms with Gasteiger partial charge in [0.25, 0.3) is 0 Å². The molecule has 0 saturated carbocycles. The zero-order chi connectivity index (χ0) is 16.0. The van der Waals surface area contributed by atoms with Crippen molar-refractivity contribution in [2.45, 2.75) is 26.1 Å². The molecule has 0 unspecified atom stereocenters. The van der Waals surface area contributed by atoms with Crippen LogP contribution in [-0.2, 0) is 17.6 Å². The van der Waals surface area contributed by atoms with E-state index < -0.39 is 18.3 Å². The summed E-state index contributed by atoms with van der Waals surface area (Å²) in [6.07, 6.45) is -3.79. The minimum absolute atomic E-state index is 0.0913. The third-order valence-corrected chi connectivity index (χ3v) is 2.91. The number of aliphatic hydroxyl groups excluding tert-OH is 1. The van der Waals surface area contributed by atoms with Crippen LogP contribution in [0.15, 0.2) is 18.2 Å². The number of rotatable bonds is 6. The van der Waals surface area contributed by atoms with Crippen LogP contribution in [0, 0.1) is 0 Å². The van der Waals surface area contributed by atoms with Gasteiger partial charge >= 0.3 is 6.18 Å². The molecule has 1 aromatic carbocycles. The molecule has 4 nitrogen and oxygen atoms in total. The van der Waals surface area contributed by atoms with Crippen LogP contribution in [0.25, 0.3) is 0 Å². The van der Waals surface area contributed by atoms with Gasteiger partial charge in [0.1, 0.15) is 0 Å². The Labute approximate surface area is 121 Å². The summed E-state index contributed by atoms with van der Waals surface area (Å²) < 4.78 is 39.2. The van der Waals surface area contributed by atoms with Crippen LogP contribution in [0.3, 0.4) is 0 Å². The van der Waals surface area contributed by atoms with Crippen molar-refractivity contribution >= 4 is 11.6 Å². The molecule has 7 heteroatoms. The number of benzene rings is 1. The minimum atomic E-state index is -4.55.